The number of carbonyl (C=O) groups is 1. The number of carbonyl (C=O) groups excluding carboxylic acids is 1. The molecular formula is C34H38F8N4O2. The molecule has 0 radical (unpaired) electrons. The predicted molar refractivity (Wildman–Crippen MR) is 164 cm³/mol. The number of alkyl halides is 6. The van der Waals surface area contributed by atoms with Crippen molar-refractivity contribution in [1.82, 2.24) is 15.1 Å². The van der Waals surface area contributed by atoms with Crippen LogP contribution in [0.1, 0.15) is 58.3 Å². The van der Waals surface area contributed by atoms with Gasteiger partial charge in [-0.15, -0.1) is 0 Å². The lowest BCUT2D eigenvalue weighted by molar-refractivity contribution is -0.143. The molecule has 2 heterocycles. The van der Waals surface area contributed by atoms with E-state index < -0.39 is 52.1 Å². The van der Waals surface area contributed by atoms with Crippen LogP contribution in [0.2, 0.25) is 0 Å². The van der Waals surface area contributed by atoms with Crippen molar-refractivity contribution < 1.29 is 44.7 Å². The molecule has 3 N–H and O–H groups in total. The third kappa shape index (κ3) is 8.63. The van der Waals surface area contributed by atoms with Crippen LogP contribution in [0.15, 0.2) is 60.7 Å². The zero-order valence-corrected chi connectivity index (χ0v) is 26.7. The maximum Gasteiger partial charge on any atom is 0.417 e. The van der Waals surface area contributed by atoms with Crippen LogP contribution < -0.4 is 15.8 Å². The van der Waals surface area contributed by atoms with Crippen LogP contribution in [0, 0.1) is 11.6 Å². The van der Waals surface area contributed by atoms with Gasteiger partial charge in [0.2, 0.25) is 0 Å². The van der Waals surface area contributed by atoms with Crippen LogP contribution in [0.4, 0.5) is 35.1 Å². The Balaban J connectivity index is 0.000000287. The Bertz CT molecular complexity index is 1560. The van der Waals surface area contributed by atoms with E-state index in [1.807, 2.05) is 4.90 Å². The number of rotatable bonds is 5. The van der Waals surface area contributed by atoms with Gasteiger partial charge in [0.15, 0.2) is 0 Å². The first-order valence-corrected chi connectivity index (χ1v) is 15.2. The van der Waals surface area contributed by atoms with E-state index in [9.17, 15) is 39.9 Å². The van der Waals surface area contributed by atoms with Gasteiger partial charge in [-0.25, -0.2) is 8.78 Å². The van der Waals surface area contributed by atoms with E-state index >= 15 is 0 Å². The number of likely N-dealkylation sites (tertiary alicyclic amines) is 2. The van der Waals surface area contributed by atoms with Crippen LogP contribution in [0.3, 0.4) is 0 Å². The Kier molecular flexibility index (Phi) is 11.1. The minimum atomic E-state index is -5.26. The summed E-state index contributed by atoms with van der Waals surface area (Å²) in [7, 11) is 4.71. The molecule has 48 heavy (non-hydrogen) atoms. The standard InChI is InChI=1S/C22H21F7N2O2.C12H17FN2/c1-31-9-3-8-20(12-31,13-4-6-15(23)7-5-13)30-19(32)18-16(22(27,28)29)10-14(21(24,25)26)11-17(18)33-2;1-15-8-2-7-12(14,9-15)10-3-5-11(13)6-4-10/h4-7,10-11H,3,8-9,12H2,1-2H3,(H,30,32);3-6H,2,7-9,14H2,1H3. The summed E-state index contributed by atoms with van der Waals surface area (Å²) in [4.78, 5) is 17.3. The zero-order chi connectivity index (χ0) is 35.5. The topological polar surface area (TPSA) is 70.8 Å². The molecule has 14 heteroatoms. The van der Waals surface area contributed by atoms with Gasteiger partial charge in [-0.1, -0.05) is 24.3 Å². The van der Waals surface area contributed by atoms with Gasteiger partial charge in [-0.05, 0) is 100 Å². The number of nitrogens with one attached hydrogen (secondary N) is 1. The molecule has 3 aromatic rings. The van der Waals surface area contributed by atoms with Gasteiger partial charge in [0.1, 0.15) is 17.4 Å². The number of methoxy groups -OCH3 is 1. The fourth-order valence-electron chi connectivity index (χ4n) is 6.45. The van der Waals surface area contributed by atoms with Crippen LogP contribution in [-0.4, -0.2) is 63.1 Å². The first-order valence-electron chi connectivity index (χ1n) is 15.2. The molecule has 5 rings (SSSR count). The summed E-state index contributed by atoms with van der Waals surface area (Å²) in [5, 5.41) is 2.60. The first-order chi connectivity index (χ1) is 22.4. The third-order valence-electron chi connectivity index (χ3n) is 8.75. The number of hydrogen-bond acceptors (Lipinski definition) is 5. The number of hydrogen-bond donors (Lipinski definition) is 2. The highest BCUT2D eigenvalue weighted by Gasteiger charge is 2.44. The summed E-state index contributed by atoms with van der Waals surface area (Å²) >= 11 is 0. The Labute approximate surface area is 273 Å². The minimum absolute atomic E-state index is 0.102. The second kappa shape index (κ2) is 14.4. The van der Waals surface area contributed by atoms with E-state index in [-0.39, 0.29) is 24.0 Å². The van der Waals surface area contributed by atoms with Crippen molar-refractivity contribution in [2.24, 2.45) is 5.73 Å². The lowest BCUT2D eigenvalue weighted by atomic mass is 9.81. The van der Waals surface area contributed by atoms with Gasteiger partial charge in [0.25, 0.3) is 5.91 Å². The summed E-state index contributed by atoms with van der Waals surface area (Å²) in [5.74, 6) is -2.83. The van der Waals surface area contributed by atoms with E-state index in [1.54, 1.807) is 19.2 Å². The van der Waals surface area contributed by atoms with E-state index in [0.29, 0.717) is 31.0 Å². The number of nitrogens with two attached hydrogens (primary N) is 1. The number of benzene rings is 3. The number of ether oxygens (including phenoxy) is 1. The van der Waals surface area contributed by atoms with Crippen molar-refractivity contribution in [2.45, 2.75) is 49.1 Å². The fourth-order valence-corrected chi connectivity index (χ4v) is 6.45. The second-order valence-electron chi connectivity index (χ2n) is 12.5. The number of amides is 1. The smallest absolute Gasteiger partial charge is 0.417 e. The summed E-state index contributed by atoms with van der Waals surface area (Å²) < 4.78 is 112. The molecule has 1 amide bonds. The summed E-state index contributed by atoms with van der Waals surface area (Å²) in [5.41, 5.74) is 1.97. The van der Waals surface area contributed by atoms with E-state index in [4.69, 9.17) is 10.5 Å². The SMILES string of the molecule is CN1CCCC(N)(c2ccc(F)cc2)C1.COc1cc(C(F)(F)F)cc(C(F)(F)F)c1C(=O)NC1(c2ccc(F)cc2)CCCN(C)C1. The molecule has 2 fully saturated rings. The van der Waals surface area contributed by atoms with Crippen molar-refractivity contribution >= 4 is 5.91 Å². The monoisotopic (exact) mass is 686 g/mol. The molecule has 6 nitrogen and oxygen atoms in total. The van der Waals surface area contributed by atoms with Crippen molar-refractivity contribution in [1.29, 1.82) is 0 Å². The molecule has 2 saturated heterocycles. The Hall–Kier alpha value is -3.75. The molecule has 3 aromatic carbocycles. The van der Waals surface area contributed by atoms with Crippen molar-refractivity contribution in [2.75, 3.05) is 47.4 Å². The minimum Gasteiger partial charge on any atom is -0.496 e. The molecule has 2 aliphatic heterocycles. The molecular weight excluding hydrogens is 648 g/mol. The van der Waals surface area contributed by atoms with Gasteiger partial charge in [0, 0.05) is 13.1 Å². The molecule has 2 atom stereocenters. The number of likely N-dealkylation sites (N-methyl/N-ethyl adjacent to an activating group) is 2. The summed E-state index contributed by atoms with van der Waals surface area (Å²) in [6.07, 6.45) is -7.35. The molecule has 0 aromatic heterocycles. The Morgan fingerprint density at radius 1 is 0.792 bits per heavy atom. The van der Waals surface area contributed by atoms with Crippen LogP contribution >= 0.6 is 0 Å². The Morgan fingerprint density at radius 3 is 1.79 bits per heavy atom. The van der Waals surface area contributed by atoms with Crippen molar-refractivity contribution in [3.05, 3.63) is 100 Å². The second-order valence-corrected chi connectivity index (χ2v) is 12.5. The van der Waals surface area contributed by atoms with Crippen molar-refractivity contribution in [3.8, 4) is 5.75 Å². The van der Waals surface area contributed by atoms with Gasteiger partial charge in [-0.3, -0.25) is 4.79 Å². The van der Waals surface area contributed by atoms with Gasteiger partial charge in [-0.2, -0.15) is 26.3 Å². The molecule has 0 spiro atoms. The molecule has 2 unspecified atom stereocenters. The van der Waals surface area contributed by atoms with Crippen molar-refractivity contribution in [3.63, 3.8) is 0 Å². The zero-order valence-electron chi connectivity index (χ0n) is 26.7. The Morgan fingerprint density at radius 2 is 1.31 bits per heavy atom. The lowest BCUT2D eigenvalue weighted by Crippen LogP contribution is -2.55. The number of nitrogens with zero attached hydrogens (tertiary/aromatic N) is 2. The number of piperidine rings is 2. The molecule has 0 bridgehead atoms. The highest BCUT2D eigenvalue weighted by Crippen LogP contribution is 2.42. The quantitative estimate of drug-likeness (QED) is 0.285. The van der Waals surface area contributed by atoms with Crippen LogP contribution in [0.5, 0.6) is 5.75 Å². The highest BCUT2D eigenvalue weighted by molar-refractivity contribution is 5.99. The first kappa shape index (κ1) is 37.1. The average molecular weight is 687 g/mol. The van der Waals surface area contributed by atoms with Crippen LogP contribution in [0.25, 0.3) is 0 Å². The molecule has 262 valence electrons. The molecule has 0 aliphatic carbocycles. The molecule has 2 aliphatic rings. The number of halogens is 8. The molecule has 0 saturated carbocycles. The van der Waals surface area contributed by atoms with Gasteiger partial charge >= 0.3 is 12.4 Å². The van der Waals surface area contributed by atoms with E-state index in [2.05, 4.69) is 17.3 Å². The largest absolute Gasteiger partial charge is 0.496 e. The summed E-state index contributed by atoms with van der Waals surface area (Å²) in [6, 6.07) is 12.0. The fraction of sp³-hybridized carbons (Fsp3) is 0.441. The van der Waals surface area contributed by atoms with E-state index in [0.717, 1.165) is 50.7 Å². The average Bonchev–Trinajstić information content (AvgIpc) is 3.00. The third-order valence-corrected chi connectivity index (χ3v) is 8.75. The lowest BCUT2D eigenvalue weighted by Gasteiger charge is -2.42. The maximum atomic E-state index is 13.7. The summed E-state index contributed by atoms with van der Waals surface area (Å²) in [6.45, 7) is 2.81. The van der Waals surface area contributed by atoms with Crippen LogP contribution in [-0.2, 0) is 23.4 Å². The van der Waals surface area contributed by atoms with Gasteiger partial charge in [0.05, 0.1) is 34.9 Å². The maximum absolute atomic E-state index is 13.7. The van der Waals surface area contributed by atoms with E-state index in [1.165, 1.54) is 24.3 Å². The normalized spacial score (nSPS) is 22.4. The predicted octanol–water partition coefficient (Wildman–Crippen LogP) is 6.93. The highest BCUT2D eigenvalue weighted by atomic mass is 19.4. The van der Waals surface area contributed by atoms with Gasteiger partial charge < -0.3 is 25.6 Å².